The standard InChI is InChI=1S/C16H17N5O3S/c1-3-4-14(15(22)19(2)16-17-7-8-25-16)20-10-11-5-6-12(21(23)24)9-13(11)18-20/h5-10,14H,3-4H2,1-2H3. The molecule has 25 heavy (non-hydrogen) atoms. The van der Waals surface area contributed by atoms with Gasteiger partial charge < -0.3 is 0 Å². The molecule has 0 saturated heterocycles. The number of anilines is 1. The third kappa shape index (κ3) is 3.36. The number of carbonyl (C=O) groups excluding carboxylic acids is 1. The van der Waals surface area contributed by atoms with Gasteiger partial charge in [-0.15, -0.1) is 11.3 Å². The van der Waals surface area contributed by atoms with Gasteiger partial charge in [-0.2, -0.15) is 5.10 Å². The molecule has 1 unspecified atom stereocenters. The molecule has 0 aliphatic carbocycles. The Morgan fingerprint density at radius 2 is 2.28 bits per heavy atom. The molecular formula is C16H17N5O3S. The van der Waals surface area contributed by atoms with E-state index in [9.17, 15) is 14.9 Å². The summed E-state index contributed by atoms with van der Waals surface area (Å²) in [5, 5.41) is 18.5. The SMILES string of the molecule is CCCC(C(=O)N(C)c1nccs1)n1cc2ccc([N+](=O)[O-])cc2n1. The van der Waals surface area contributed by atoms with Crippen LogP contribution in [-0.2, 0) is 4.79 Å². The highest BCUT2D eigenvalue weighted by atomic mass is 32.1. The van der Waals surface area contributed by atoms with E-state index in [0.717, 1.165) is 11.8 Å². The molecule has 0 bridgehead atoms. The van der Waals surface area contributed by atoms with E-state index in [0.29, 0.717) is 17.1 Å². The Morgan fingerprint density at radius 3 is 2.92 bits per heavy atom. The Morgan fingerprint density at radius 1 is 1.48 bits per heavy atom. The van der Waals surface area contributed by atoms with E-state index >= 15 is 0 Å². The summed E-state index contributed by atoms with van der Waals surface area (Å²) in [6.07, 6.45) is 4.83. The Kier molecular flexibility index (Phi) is 4.75. The van der Waals surface area contributed by atoms with E-state index in [4.69, 9.17) is 0 Å². The highest BCUT2D eigenvalue weighted by Crippen LogP contribution is 2.25. The summed E-state index contributed by atoms with van der Waals surface area (Å²) in [4.78, 5) is 29.1. The van der Waals surface area contributed by atoms with Crippen molar-refractivity contribution in [1.82, 2.24) is 14.8 Å². The van der Waals surface area contributed by atoms with E-state index in [1.807, 2.05) is 12.3 Å². The van der Waals surface area contributed by atoms with Crippen molar-refractivity contribution in [2.24, 2.45) is 0 Å². The lowest BCUT2D eigenvalue weighted by molar-refractivity contribution is -0.384. The first-order valence-corrected chi connectivity index (χ1v) is 8.69. The van der Waals surface area contributed by atoms with Crippen molar-refractivity contribution in [3.8, 4) is 0 Å². The zero-order valence-corrected chi connectivity index (χ0v) is 14.6. The van der Waals surface area contributed by atoms with Crippen LogP contribution in [0.1, 0.15) is 25.8 Å². The molecule has 0 N–H and O–H groups in total. The average Bonchev–Trinajstić information content (AvgIpc) is 3.26. The van der Waals surface area contributed by atoms with Crippen molar-refractivity contribution >= 4 is 39.0 Å². The molecule has 1 atom stereocenters. The Balaban J connectivity index is 1.95. The third-order valence-electron chi connectivity index (χ3n) is 3.92. The molecular weight excluding hydrogens is 342 g/mol. The number of fused-ring (bicyclic) bond motifs is 1. The van der Waals surface area contributed by atoms with Gasteiger partial charge in [-0.1, -0.05) is 13.3 Å². The molecule has 0 saturated carbocycles. The molecule has 3 aromatic rings. The zero-order valence-electron chi connectivity index (χ0n) is 13.8. The van der Waals surface area contributed by atoms with Gasteiger partial charge in [-0.3, -0.25) is 24.5 Å². The molecule has 2 heterocycles. The van der Waals surface area contributed by atoms with Crippen LogP contribution in [0.5, 0.6) is 0 Å². The number of thiazole rings is 1. The fraction of sp³-hybridized carbons (Fsp3) is 0.312. The Labute approximate surface area is 147 Å². The summed E-state index contributed by atoms with van der Waals surface area (Å²) in [7, 11) is 1.69. The van der Waals surface area contributed by atoms with Gasteiger partial charge in [-0.25, -0.2) is 4.98 Å². The van der Waals surface area contributed by atoms with Crippen molar-refractivity contribution in [3.05, 3.63) is 46.1 Å². The fourth-order valence-corrected chi connectivity index (χ4v) is 3.25. The van der Waals surface area contributed by atoms with E-state index in [1.54, 1.807) is 30.2 Å². The first kappa shape index (κ1) is 17.0. The quantitative estimate of drug-likeness (QED) is 0.496. The minimum absolute atomic E-state index is 0.0176. The lowest BCUT2D eigenvalue weighted by atomic mass is 10.1. The predicted molar refractivity (Wildman–Crippen MR) is 95.9 cm³/mol. The van der Waals surface area contributed by atoms with Crippen molar-refractivity contribution < 1.29 is 9.72 Å². The van der Waals surface area contributed by atoms with Crippen LogP contribution in [0.4, 0.5) is 10.8 Å². The number of rotatable bonds is 6. The largest absolute Gasteiger partial charge is 0.289 e. The minimum Gasteiger partial charge on any atom is -0.289 e. The number of nitro groups is 1. The van der Waals surface area contributed by atoms with Gasteiger partial charge in [-0.05, 0) is 12.5 Å². The molecule has 0 aliphatic heterocycles. The van der Waals surface area contributed by atoms with Gasteiger partial charge in [0.05, 0.1) is 10.4 Å². The van der Waals surface area contributed by atoms with Crippen LogP contribution in [0, 0.1) is 10.1 Å². The fourth-order valence-electron chi connectivity index (χ4n) is 2.64. The van der Waals surface area contributed by atoms with Gasteiger partial charge >= 0.3 is 0 Å². The topological polar surface area (TPSA) is 94.2 Å². The number of carbonyl (C=O) groups is 1. The maximum atomic E-state index is 12.9. The zero-order chi connectivity index (χ0) is 18.0. The van der Waals surface area contributed by atoms with Crippen LogP contribution in [0.15, 0.2) is 36.0 Å². The first-order valence-electron chi connectivity index (χ1n) is 7.81. The number of nitrogens with zero attached hydrogens (tertiary/aromatic N) is 5. The minimum atomic E-state index is -0.481. The van der Waals surface area contributed by atoms with E-state index in [-0.39, 0.29) is 11.6 Å². The van der Waals surface area contributed by atoms with Gasteiger partial charge in [0.15, 0.2) is 5.13 Å². The van der Waals surface area contributed by atoms with Gasteiger partial charge in [0.1, 0.15) is 6.04 Å². The molecule has 0 spiro atoms. The summed E-state index contributed by atoms with van der Waals surface area (Å²) < 4.78 is 1.60. The van der Waals surface area contributed by atoms with Crippen molar-refractivity contribution in [3.63, 3.8) is 0 Å². The molecule has 0 fully saturated rings. The van der Waals surface area contributed by atoms with Crippen LogP contribution in [0.2, 0.25) is 0 Å². The number of amides is 1. The summed E-state index contributed by atoms with van der Waals surface area (Å²) in [6.45, 7) is 2.00. The monoisotopic (exact) mass is 359 g/mol. The number of nitro benzene ring substituents is 1. The normalized spacial score (nSPS) is 12.2. The molecule has 2 aromatic heterocycles. The highest BCUT2D eigenvalue weighted by Gasteiger charge is 2.26. The number of hydrogen-bond donors (Lipinski definition) is 0. The smallest absolute Gasteiger partial charge is 0.271 e. The van der Waals surface area contributed by atoms with Gasteiger partial charge in [0, 0.05) is 42.3 Å². The first-order chi connectivity index (χ1) is 12.0. The summed E-state index contributed by atoms with van der Waals surface area (Å²) in [6, 6.07) is 4.02. The highest BCUT2D eigenvalue weighted by molar-refractivity contribution is 7.13. The average molecular weight is 359 g/mol. The number of hydrogen-bond acceptors (Lipinski definition) is 6. The van der Waals surface area contributed by atoms with Crippen LogP contribution in [-0.4, -0.2) is 32.6 Å². The lowest BCUT2D eigenvalue weighted by Gasteiger charge is -2.21. The van der Waals surface area contributed by atoms with Crippen LogP contribution in [0.3, 0.4) is 0 Å². The van der Waals surface area contributed by atoms with Crippen molar-refractivity contribution in [2.45, 2.75) is 25.8 Å². The van der Waals surface area contributed by atoms with E-state index < -0.39 is 11.0 Å². The third-order valence-corrected chi connectivity index (χ3v) is 4.77. The molecule has 0 aliphatic rings. The number of non-ortho nitro benzene ring substituents is 1. The molecule has 8 nitrogen and oxygen atoms in total. The predicted octanol–water partition coefficient (Wildman–Crippen LogP) is 3.41. The summed E-state index contributed by atoms with van der Waals surface area (Å²) >= 11 is 1.39. The maximum absolute atomic E-state index is 12.9. The maximum Gasteiger partial charge on any atom is 0.271 e. The summed E-state index contributed by atoms with van der Waals surface area (Å²) in [5.41, 5.74) is 0.482. The van der Waals surface area contributed by atoms with Gasteiger partial charge in [0.2, 0.25) is 0 Å². The van der Waals surface area contributed by atoms with Crippen LogP contribution >= 0.6 is 11.3 Å². The Hall–Kier alpha value is -2.81. The van der Waals surface area contributed by atoms with E-state index in [1.165, 1.54) is 28.4 Å². The summed E-state index contributed by atoms with van der Waals surface area (Å²) in [5.74, 6) is -0.112. The van der Waals surface area contributed by atoms with Crippen LogP contribution < -0.4 is 4.90 Å². The number of likely N-dealkylation sites (N-methyl/N-ethyl adjacent to an activating group) is 1. The second-order valence-electron chi connectivity index (χ2n) is 5.63. The molecule has 1 aromatic carbocycles. The molecule has 9 heteroatoms. The van der Waals surface area contributed by atoms with Gasteiger partial charge in [0.25, 0.3) is 11.6 Å². The van der Waals surface area contributed by atoms with Crippen molar-refractivity contribution in [1.29, 1.82) is 0 Å². The molecule has 0 radical (unpaired) electrons. The second-order valence-corrected chi connectivity index (χ2v) is 6.50. The van der Waals surface area contributed by atoms with Crippen LogP contribution in [0.25, 0.3) is 10.9 Å². The van der Waals surface area contributed by atoms with E-state index in [2.05, 4.69) is 10.1 Å². The Bertz CT molecular complexity index is 906. The molecule has 1 amide bonds. The second kappa shape index (κ2) is 6.98. The number of benzene rings is 1. The molecule has 3 rings (SSSR count). The molecule has 130 valence electrons. The number of aromatic nitrogens is 3. The van der Waals surface area contributed by atoms with Crippen molar-refractivity contribution in [2.75, 3.05) is 11.9 Å². The lowest BCUT2D eigenvalue weighted by Crippen LogP contribution is -2.34.